The maximum atomic E-state index is 13.0. The summed E-state index contributed by atoms with van der Waals surface area (Å²) in [5, 5.41) is 10.1. The van der Waals surface area contributed by atoms with Crippen LogP contribution in [0.3, 0.4) is 0 Å². The molecule has 0 bridgehead atoms. The first-order chi connectivity index (χ1) is 26.5. The van der Waals surface area contributed by atoms with Crippen LogP contribution in [0.2, 0.25) is 0 Å². The van der Waals surface area contributed by atoms with Gasteiger partial charge in [0.1, 0.15) is 0 Å². The molecule has 0 heterocycles. The highest BCUT2D eigenvalue weighted by Gasteiger charge is 2.21. The van der Waals surface area contributed by atoms with Gasteiger partial charge in [0, 0.05) is 6.04 Å². The van der Waals surface area contributed by atoms with Crippen molar-refractivity contribution in [3.8, 4) is 0 Å². The summed E-state index contributed by atoms with van der Waals surface area (Å²) in [5.74, 6) is 0.213. The van der Waals surface area contributed by atoms with Crippen LogP contribution in [0.5, 0.6) is 0 Å². The molecule has 0 rings (SSSR count). The number of hydrogen-bond acceptors (Lipinski definition) is 6. The first-order valence-corrected chi connectivity index (χ1v) is 23.8. The summed E-state index contributed by atoms with van der Waals surface area (Å²) >= 11 is 0. The molecule has 6 nitrogen and oxygen atoms in total. The first-order valence-electron chi connectivity index (χ1n) is 23.8. The molecule has 0 saturated heterocycles. The zero-order valence-electron chi connectivity index (χ0n) is 36.7. The topological polar surface area (TPSA) is 76.1 Å². The van der Waals surface area contributed by atoms with Crippen LogP contribution in [-0.2, 0) is 19.1 Å². The third-order valence-corrected chi connectivity index (χ3v) is 11.5. The van der Waals surface area contributed by atoms with Gasteiger partial charge < -0.3 is 14.6 Å². The summed E-state index contributed by atoms with van der Waals surface area (Å²) in [7, 11) is 0. The number of ether oxygens (including phenoxy) is 2. The Labute approximate surface area is 336 Å². The van der Waals surface area contributed by atoms with Gasteiger partial charge in [0.2, 0.25) is 0 Å². The summed E-state index contributed by atoms with van der Waals surface area (Å²) in [6, 6.07) is 0.212. The van der Waals surface area contributed by atoms with Crippen LogP contribution >= 0.6 is 0 Å². The molecule has 0 amide bonds. The van der Waals surface area contributed by atoms with E-state index < -0.39 is 0 Å². The normalized spacial score (nSPS) is 13.2. The van der Waals surface area contributed by atoms with E-state index in [0.29, 0.717) is 13.2 Å². The summed E-state index contributed by atoms with van der Waals surface area (Å²) in [6.45, 7) is 16.0. The van der Waals surface area contributed by atoms with E-state index in [1.807, 2.05) is 6.08 Å². The smallest absolute Gasteiger partial charge is 0.308 e. The average Bonchev–Trinajstić information content (AvgIpc) is 3.18. The zero-order valence-corrected chi connectivity index (χ0v) is 36.7. The molecule has 0 spiro atoms. The first kappa shape index (κ1) is 52.6. The second kappa shape index (κ2) is 41.2. The van der Waals surface area contributed by atoms with E-state index in [-0.39, 0.29) is 36.4 Å². The molecule has 54 heavy (non-hydrogen) atoms. The minimum absolute atomic E-state index is 0.0288. The van der Waals surface area contributed by atoms with Crippen molar-refractivity contribution in [1.82, 2.24) is 4.90 Å². The Kier molecular flexibility index (Phi) is 40.2. The number of esters is 2. The lowest BCUT2D eigenvalue weighted by Crippen LogP contribution is -2.39. The molecule has 3 atom stereocenters. The fraction of sp³-hybridized carbons (Fsp3) is 0.917. The highest BCUT2D eigenvalue weighted by molar-refractivity contribution is 5.72. The number of carbonyl (C=O) groups excluding carboxylic acids is 2. The monoisotopic (exact) mass is 764 g/mol. The maximum Gasteiger partial charge on any atom is 0.308 e. The quantitative estimate of drug-likeness (QED) is 0.0379. The van der Waals surface area contributed by atoms with E-state index >= 15 is 0 Å². The molecule has 0 saturated carbocycles. The van der Waals surface area contributed by atoms with Gasteiger partial charge in [0.05, 0.1) is 31.7 Å². The lowest BCUT2D eigenvalue weighted by atomic mass is 9.94. The average molecular weight is 764 g/mol. The van der Waals surface area contributed by atoms with Crippen LogP contribution in [0.4, 0.5) is 0 Å². The molecular weight excluding hydrogens is 671 g/mol. The Morgan fingerprint density at radius 3 is 1.26 bits per heavy atom. The molecule has 0 aromatic carbocycles. The number of allylic oxidation sites excluding steroid dienone is 1. The molecule has 1 N–H and O–H groups in total. The summed E-state index contributed by atoms with van der Waals surface area (Å²) in [5.41, 5.74) is 0. The van der Waals surface area contributed by atoms with Crippen molar-refractivity contribution in [2.45, 2.75) is 239 Å². The Hall–Kier alpha value is -1.40. The highest BCUT2D eigenvalue weighted by Crippen LogP contribution is 2.22. The van der Waals surface area contributed by atoms with Crippen LogP contribution in [0.25, 0.3) is 0 Å². The molecule has 320 valence electrons. The third-order valence-electron chi connectivity index (χ3n) is 11.5. The maximum absolute atomic E-state index is 13.0. The van der Waals surface area contributed by atoms with Gasteiger partial charge in [0.15, 0.2) is 0 Å². The zero-order chi connectivity index (χ0) is 39.7. The van der Waals surface area contributed by atoms with Crippen molar-refractivity contribution in [3.63, 3.8) is 0 Å². The lowest BCUT2D eigenvalue weighted by molar-refractivity contribution is -0.150. The van der Waals surface area contributed by atoms with E-state index in [4.69, 9.17) is 9.47 Å². The Balaban J connectivity index is 4.42. The van der Waals surface area contributed by atoms with E-state index in [1.165, 1.54) is 89.9 Å². The van der Waals surface area contributed by atoms with Gasteiger partial charge in [-0.1, -0.05) is 169 Å². The van der Waals surface area contributed by atoms with Crippen LogP contribution in [0.1, 0.15) is 233 Å². The van der Waals surface area contributed by atoms with E-state index in [9.17, 15) is 14.7 Å². The standard InChI is InChI=1S/C48H93NO5/c1-6-11-15-19-21-29-37-44(35-27-17-13-8-3)47(51)53-41-33-25-23-31-39-49(46(10-5)43-50)40-32-24-26-34-42-54-48(52)45(36-28-18-14-9-4)38-30-22-20-16-12-7-2/h6,44-46,50H,1,7-43H2,2-5H3. The van der Waals surface area contributed by atoms with Gasteiger partial charge in [-0.15, -0.1) is 6.58 Å². The van der Waals surface area contributed by atoms with Crippen LogP contribution in [0, 0.1) is 11.8 Å². The Bertz CT molecular complexity index is 815. The fourth-order valence-corrected chi connectivity index (χ4v) is 7.70. The van der Waals surface area contributed by atoms with Gasteiger partial charge in [-0.2, -0.15) is 0 Å². The predicted molar refractivity (Wildman–Crippen MR) is 232 cm³/mol. The molecule has 0 aliphatic rings. The van der Waals surface area contributed by atoms with Gasteiger partial charge in [-0.25, -0.2) is 0 Å². The molecule has 0 radical (unpaired) electrons. The molecule has 0 aliphatic heterocycles. The molecule has 0 fully saturated rings. The van der Waals surface area contributed by atoms with E-state index in [1.54, 1.807) is 0 Å². The number of hydrogen-bond donors (Lipinski definition) is 1. The van der Waals surface area contributed by atoms with Gasteiger partial charge in [-0.05, 0) is 83.7 Å². The molecular formula is C48H93NO5. The van der Waals surface area contributed by atoms with Gasteiger partial charge in [0.25, 0.3) is 0 Å². The van der Waals surface area contributed by atoms with Crippen LogP contribution in [-0.4, -0.2) is 60.9 Å². The molecule has 0 aromatic heterocycles. The molecule has 0 aliphatic carbocycles. The highest BCUT2D eigenvalue weighted by atomic mass is 16.5. The summed E-state index contributed by atoms with van der Waals surface area (Å²) in [6.07, 6.45) is 38.3. The number of nitrogens with zero attached hydrogens (tertiary/aromatic N) is 1. The Morgan fingerprint density at radius 2 is 0.870 bits per heavy atom. The number of unbranched alkanes of at least 4 members (excludes halogenated alkanes) is 21. The van der Waals surface area contributed by atoms with E-state index in [2.05, 4.69) is 39.2 Å². The molecule has 6 heteroatoms. The van der Waals surface area contributed by atoms with Crippen molar-refractivity contribution in [2.75, 3.05) is 32.9 Å². The fourth-order valence-electron chi connectivity index (χ4n) is 7.70. The van der Waals surface area contributed by atoms with E-state index in [0.717, 1.165) is 129 Å². The van der Waals surface area contributed by atoms with Crippen molar-refractivity contribution in [1.29, 1.82) is 0 Å². The third kappa shape index (κ3) is 31.8. The van der Waals surface area contributed by atoms with Crippen LogP contribution in [0.15, 0.2) is 12.7 Å². The van der Waals surface area contributed by atoms with Crippen molar-refractivity contribution >= 4 is 11.9 Å². The van der Waals surface area contributed by atoms with Crippen molar-refractivity contribution in [2.24, 2.45) is 11.8 Å². The Morgan fingerprint density at radius 1 is 0.519 bits per heavy atom. The number of rotatable bonds is 43. The lowest BCUT2D eigenvalue weighted by Gasteiger charge is -2.30. The molecule has 0 aromatic rings. The number of aliphatic hydroxyl groups is 1. The molecule has 3 unspecified atom stereocenters. The summed E-state index contributed by atoms with van der Waals surface area (Å²) < 4.78 is 11.6. The minimum atomic E-state index is 0.0288. The number of carbonyl (C=O) groups is 2. The van der Waals surface area contributed by atoms with Crippen molar-refractivity contribution in [3.05, 3.63) is 12.7 Å². The van der Waals surface area contributed by atoms with Crippen LogP contribution < -0.4 is 0 Å². The SMILES string of the molecule is C=CCCCCCCC(CCCCCC)C(=O)OCCCCCCN(CCCCCCOC(=O)C(CCCCCC)CCCCCCCC)C(CC)CO. The van der Waals surface area contributed by atoms with Gasteiger partial charge in [-0.3, -0.25) is 14.5 Å². The largest absolute Gasteiger partial charge is 0.465 e. The van der Waals surface area contributed by atoms with Gasteiger partial charge >= 0.3 is 11.9 Å². The van der Waals surface area contributed by atoms with Crippen molar-refractivity contribution < 1.29 is 24.2 Å². The minimum Gasteiger partial charge on any atom is -0.465 e. The number of aliphatic hydroxyl groups excluding tert-OH is 1. The summed E-state index contributed by atoms with van der Waals surface area (Å²) in [4.78, 5) is 28.4. The second-order valence-corrected chi connectivity index (χ2v) is 16.4. The second-order valence-electron chi connectivity index (χ2n) is 16.4. The predicted octanol–water partition coefficient (Wildman–Crippen LogP) is 13.7.